The Morgan fingerprint density at radius 3 is 1.78 bits per heavy atom. The fraction of sp³-hybridized carbons (Fsp3) is 0.643. The van der Waals surface area contributed by atoms with Crippen LogP contribution in [0.3, 0.4) is 0 Å². The molecule has 0 bridgehead atoms. The van der Waals surface area contributed by atoms with Gasteiger partial charge in [-0.1, -0.05) is 79.8 Å². The number of hydrogen-bond donors (Lipinski definition) is 1. The normalized spacial score (nSPS) is 35.8. The Bertz CT molecular complexity index is 4020. The lowest BCUT2D eigenvalue weighted by Crippen LogP contribution is -2.60. The molecule has 29 heteroatoms. The Kier molecular flexibility index (Phi) is 30.7. The quantitative estimate of drug-likeness (QED) is 0.0282. The number of rotatable bonds is 20. The van der Waals surface area contributed by atoms with E-state index in [1.54, 1.807) is 117 Å². The van der Waals surface area contributed by atoms with Crippen molar-refractivity contribution >= 4 is 64.4 Å². The second-order valence-corrected chi connectivity index (χ2v) is 32.1. The summed E-state index contributed by atoms with van der Waals surface area (Å²) in [5.41, 5.74) is -3.92. The van der Waals surface area contributed by atoms with Gasteiger partial charge in [-0.3, -0.25) is 33.7 Å². The number of carbonyl (C=O) groups excluding carboxylic acids is 9. The number of benzene rings is 1. The first-order valence-electron chi connectivity index (χ1n) is 39.3. The number of likely N-dealkylation sites (N-methyl/N-ethyl adjacent to an activating group) is 2. The largest absolute Gasteiger partial charge is 0.457 e. The minimum atomic E-state index is -1.80. The summed E-state index contributed by atoms with van der Waals surface area (Å²) in [5.74, 6) is -10.6. The number of aliphatic hydroxyl groups is 1. The van der Waals surface area contributed by atoms with Gasteiger partial charge in [0.05, 0.1) is 59.6 Å². The van der Waals surface area contributed by atoms with Gasteiger partial charge in [-0.2, -0.15) is 0 Å². The SMILES string of the molecule is C=C[C@]1(OC(=O)n2ccnc2)/C=C(\C)C(=O)[C@H](C)C[C@](C)(OC)[C@H](OC2O[C@H](C)C[C@H](N(C)C)[C@H]2OC(=O)c2ccccc2)[C@@H](C)C(=O)[C@@H](C)C(=O)O[C@@H]1CC.C=C[C@]12OC(=O)N(CCCCn3cnc4cccnc43)[C@@H]1[C@@H](C)C(=O)[C@H](C)C[C@](C)(OC)[C@H](OC1O[C@H](C)C[C@H](N(C)C)[C@H]1O)[C@@H](C)C(=O)[C@@H](C)C(=O)O[C@@H]2CC. The highest BCUT2D eigenvalue weighted by Gasteiger charge is 2.62. The maximum Gasteiger partial charge on any atom is 0.420 e. The van der Waals surface area contributed by atoms with E-state index >= 15 is 0 Å². The Balaban J connectivity index is 0.000000283. The number of imidazole rings is 2. The summed E-state index contributed by atoms with van der Waals surface area (Å²) in [5, 5.41) is 11.4. The number of allylic oxidation sites excluding steroid dienone is 1. The van der Waals surface area contributed by atoms with Crippen molar-refractivity contribution in [3.63, 3.8) is 0 Å². The van der Waals surface area contributed by atoms with Crippen molar-refractivity contribution in [2.45, 2.75) is 257 Å². The number of nitrogens with zero attached hydrogens (tertiary/aromatic N) is 8. The Morgan fingerprint density at radius 1 is 0.673 bits per heavy atom. The predicted octanol–water partition coefficient (Wildman–Crippen LogP) is 10.2. The van der Waals surface area contributed by atoms with E-state index in [0.29, 0.717) is 37.8 Å². The van der Waals surface area contributed by atoms with Gasteiger partial charge in [0.25, 0.3) is 0 Å². The third kappa shape index (κ3) is 19.8. The van der Waals surface area contributed by atoms with Crippen LogP contribution in [0.4, 0.5) is 9.59 Å². The third-order valence-electron chi connectivity index (χ3n) is 23.6. The van der Waals surface area contributed by atoms with Crippen molar-refractivity contribution in [3.05, 3.63) is 116 Å². The van der Waals surface area contributed by atoms with Gasteiger partial charge in [-0.15, -0.1) is 0 Å². The first kappa shape index (κ1) is 90.3. The second-order valence-electron chi connectivity index (χ2n) is 32.1. The van der Waals surface area contributed by atoms with Gasteiger partial charge in [0, 0.05) is 81.5 Å². The minimum absolute atomic E-state index is 0.0512. The van der Waals surface area contributed by atoms with Gasteiger partial charge in [0.2, 0.25) is 0 Å². The number of aromatic nitrogens is 5. The summed E-state index contributed by atoms with van der Waals surface area (Å²) in [6.07, 6.45) is 3.67. The van der Waals surface area contributed by atoms with E-state index in [1.165, 1.54) is 65.0 Å². The number of esters is 3. The maximum absolute atomic E-state index is 14.8. The summed E-state index contributed by atoms with van der Waals surface area (Å²) < 4.78 is 71.7. The smallest absolute Gasteiger partial charge is 0.420 e. The molecule has 4 saturated heterocycles. The number of hydrogen-bond acceptors (Lipinski definition) is 26. The van der Waals surface area contributed by atoms with Gasteiger partial charge in [-0.05, 0) is 176 Å². The minimum Gasteiger partial charge on any atom is -0.457 e. The topological polar surface area (TPSA) is 334 Å². The van der Waals surface area contributed by atoms with Crippen LogP contribution in [-0.4, -0.2) is 248 Å². The van der Waals surface area contributed by atoms with Gasteiger partial charge in [0.1, 0.15) is 47.8 Å². The summed E-state index contributed by atoms with van der Waals surface area (Å²) >= 11 is 0. The van der Waals surface area contributed by atoms with Crippen LogP contribution in [0.15, 0.2) is 111 Å². The lowest BCUT2D eigenvalue weighted by molar-refractivity contribution is -0.295. The van der Waals surface area contributed by atoms with Crippen molar-refractivity contribution in [3.8, 4) is 0 Å². The first-order valence-corrected chi connectivity index (χ1v) is 39.3. The number of cyclic esters (lactones) is 2. The monoisotopic (exact) mass is 1580 g/mol. The van der Waals surface area contributed by atoms with Crippen LogP contribution in [0.5, 0.6) is 0 Å². The maximum atomic E-state index is 14.8. The molecule has 8 heterocycles. The molecule has 29 nitrogen and oxygen atoms in total. The van der Waals surface area contributed by atoms with E-state index in [9.17, 15) is 48.3 Å². The highest BCUT2D eigenvalue weighted by Crippen LogP contribution is 2.46. The highest BCUT2D eigenvalue weighted by molar-refractivity contribution is 6.01. The first-order chi connectivity index (χ1) is 53.3. The van der Waals surface area contributed by atoms with E-state index in [2.05, 4.69) is 28.1 Å². The van der Waals surface area contributed by atoms with Crippen LogP contribution in [-0.2, 0) is 87.4 Å². The number of amides is 1. The molecule has 1 aromatic carbocycles. The molecular formula is C84H120N8O21. The molecular weight excluding hydrogens is 1460 g/mol. The number of methoxy groups -OCH3 is 2. The molecule has 0 saturated carbocycles. The molecule has 5 aliphatic rings. The molecule has 1 amide bonds. The van der Waals surface area contributed by atoms with E-state index in [0.717, 1.165) is 15.7 Å². The molecule has 3 aromatic heterocycles. The van der Waals surface area contributed by atoms with Crippen LogP contribution in [0.2, 0.25) is 0 Å². The van der Waals surface area contributed by atoms with Crippen LogP contribution in [0.1, 0.15) is 159 Å². The molecule has 0 spiro atoms. The molecule has 0 radical (unpaired) electrons. The van der Waals surface area contributed by atoms with Crippen molar-refractivity contribution in [2.24, 2.45) is 41.4 Å². The Morgan fingerprint density at radius 2 is 1.23 bits per heavy atom. The van der Waals surface area contributed by atoms with E-state index < -0.39 is 161 Å². The van der Waals surface area contributed by atoms with Crippen molar-refractivity contribution in [1.29, 1.82) is 0 Å². The number of ketones is 4. The average Bonchev–Trinajstić information content (AvgIpc) is 1.60. The summed E-state index contributed by atoms with van der Waals surface area (Å²) in [4.78, 5) is 145. The molecule has 24 atom stereocenters. The van der Waals surface area contributed by atoms with Crippen molar-refractivity contribution in [1.82, 2.24) is 38.8 Å². The number of fused-ring (bicyclic) bond motifs is 2. The second kappa shape index (κ2) is 38.5. The van der Waals surface area contributed by atoms with Gasteiger partial charge in [0.15, 0.2) is 52.9 Å². The standard InChI is InChI=1S/C42H63N5O10.C42H57N3O11/c1-12-31-42(13-2)35(47(40(52)57-42)20-15-14-19-46-23-44-29-17-16-18-43-37(29)46)26(5)32(48)24(3)22-41(8,53-11)36(27(6)33(49)28(7)38(51)55-31)56-39-34(50)30(45(9)10)21-25(4)54-39;1-12-32-42(13-2,56-40(50)45-20-19-43-24-45)23-26(4)33(46)25(3)22-41(8,51-11)36(28(6)34(47)29(7)37(48)53-32)55-39-35(31(44(9)10)21-27(5)52-39)54-38(49)30-17-15-14-16-18-30/h13,16-18,23-28,30-31,34-36,39,50H,2,12,14-15,19-22H2,1,3-11H3;13-20,23-25,27-29,31-32,35-36,39H,2,12,21-22H2,1,3-11H3/b;26-23+/t24-,25-,26+,27+,28-,30+,31-,34-,35-,36-,39?,41+,42-;25-,27-,28+,29-,31+,32-,35-,36-,39?,41+,42+/m11/s1. The third-order valence-corrected chi connectivity index (χ3v) is 23.6. The highest BCUT2D eigenvalue weighted by atomic mass is 16.7. The van der Waals surface area contributed by atoms with E-state index in [-0.39, 0.29) is 73.7 Å². The summed E-state index contributed by atoms with van der Waals surface area (Å²) in [7, 11) is 10.4. The van der Waals surface area contributed by atoms with Crippen LogP contribution < -0.4 is 0 Å². The summed E-state index contributed by atoms with van der Waals surface area (Å²) in [6.45, 7) is 32.7. The number of unbranched alkanes of at least 4 members (excludes halogenated alkanes) is 1. The average molecular weight is 1580 g/mol. The van der Waals surface area contributed by atoms with Crippen LogP contribution in [0.25, 0.3) is 11.2 Å². The Labute approximate surface area is 664 Å². The van der Waals surface area contributed by atoms with Gasteiger partial charge < -0.3 is 71.6 Å². The fourth-order valence-electron chi connectivity index (χ4n) is 17.0. The number of aryl methyl sites for hydroxylation is 1. The van der Waals surface area contributed by atoms with Crippen molar-refractivity contribution < 1.29 is 100 Å². The molecule has 1 N–H and O–H groups in total. The zero-order chi connectivity index (χ0) is 83.5. The van der Waals surface area contributed by atoms with Crippen molar-refractivity contribution in [2.75, 3.05) is 49.0 Å². The number of Topliss-reactive ketones (excluding diaryl/α,β-unsaturated/α-hetero) is 4. The molecule has 113 heavy (non-hydrogen) atoms. The van der Waals surface area contributed by atoms with E-state index in [1.807, 2.05) is 68.5 Å². The van der Waals surface area contributed by atoms with Crippen LogP contribution in [0, 0.1) is 41.4 Å². The molecule has 2 unspecified atom stereocenters. The molecule has 4 aromatic rings. The van der Waals surface area contributed by atoms with E-state index in [4.69, 9.17) is 52.1 Å². The van der Waals surface area contributed by atoms with Gasteiger partial charge in [-0.25, -0.2) is 33.9 Å². The molecule has 5 aliphatic heterocycles. The lowest BCUT2D eigenvalue weighted by Gasteiger charge is -2.47. The molecule has 622 valence electrons. The number of pyridine rings is 1. The zero-order valence-electron chi connectivity index (χ0n) is 69.4. The number of ether oxygens (including phenoxy) is 11. The number of carbonyl (C=O) groups is 9. The molecule has 4 fully saturated rings. The summed E-state index contributed by atoms with van der Waals surface area (Å²) in [6, 6.07) is 10.8. The Hall–Kier alpha value is -8.26. The molecule has 9 rings (SSSR count). The predicted molar refractivity (Wildman–Crippen MR) is 416 cm³/mol. The number of aliphatic hydroxyl groups excluding tert-OH is 1. The fourth-order valence-corrected chi connectivity index (χ4v) is 17.0. The van der Waals surface area contributed by atoms with Gasteiger partial charge >= 0.3 is 30.1 Å². The lowest BCUT2D eigenvalue weighted by atomic mass is 9.72. The van der Waals surface area contributed by atoms with Crippen LogP contribution >= 0.6 is 0 Å². The zero-order valence-corrected chi connectivity index (χ0v) is 69.4. The molecule has 0 aliphatic carbocycles.